The second-order valence-electron chi connectivity index (χ2n) is 5.38. The zero-order valence-corrected chi connectivity index (χ0v) is 15.3. The summed E-state index contributed by atoms with van der Waals surface area (Å²) in [4.78, 5) is 24.8. The molecule has 3 rings (SSSR count). The van der Waals surface area contributed by atoms with Gasteiger partial charge in [0, 0.05) is 27.6 Å². The number of amides is 1. The number of esters is 1. The van der Waals surface area contributed by atoms with Crippen molar-refractivity contribution in [3.05, 3.63) is 65.4 Å². The van der Waals surface area contributed by atoms with Crippen LogP contribution in [0.1, 0.15) is 10.6 Å². The first-order valence-corrected chi connectivity index (χ1v) is 9.29. The lowest BCUT2D eigenvalue weighted by molar-refractivity contribution is -0.124. The van der Waals surface area contributed by atoms with E-state index in [1.165, 1.54) is 0 Å². The molecule has 0 radical (unpaired) electrons. The molecular weight excluding hydrogens is 374 g/mol. The molecule has 0 aliphatic carbocycles. The van der Waals surface area contributed by atoms with Gasteiger partial charge < -0.3 is 14.5 Å². The Morgan fingerprint density at radius 1 is 1.12 bits per heavy atom. The average molecular weight is 390 g/mol. The van der Waals surface area contributed by atoms with Crippen molar-refractivity contribution in [3.8, 4) is 0 Å². The molecule has 0 unspecified atom stereocenters. The maximum Gasteiger partial charge on any atom is 0.374 e. The summed E-state index contributed by atoms with van der Waals surface area (Å²) in [5.41, 5.74) is 0.600. The monoisotopic (exact) mass is 389 g/mol. The number of thioether (sulfide) groups is 1. The third kappa shape index (κ3) is 5.03. The van der Waals surface area contributed by atoms with Crippen LogP contribution in [0.2, 0.25) is 5.02 Å². The van der Waals surface area contributed by atoms with E-state index in [1.807, 2.05) is 42.5 Å². The number of carbonyl (C=O) groups is 2. The number of hydrogen-bond donors (Lipinski definition) is 1. The summed E-state index contributed by atoms with van der Waals surface area (Å²) < 4.78 is 10.4. The maximum atomic E-state index is 12.0. The van der Waals surface area contributed by atoms with Gasteiger partial charge in [-0.3, -0.25) is 4.79 Å². The van der Waals surface area contributed by atoms with E-state index in [0.29, 0.717) is 22.9 Å². The lowest BCUT2D eigenvalue weighted by atomic mass is 10.2. The zero-order chi connectivity index (χ0) is 18.4. The lowest BCUT2D eigenvalue weighted by Crippen LogP contribution is -2.30. The number of rotatable bonds is 7. The molecule has 1 heterocycles. The van der Waals surface area contributed by atoms with Crippen LogP contribution in [0.3, 0.4) is 0 Å². The minimum Gasteiger partial charge on any atom is -0.450 e. The summed E-state index contributed by atoms with van der Waals surface area (Å²) in [5, 5.41) is 4.20. The van der Waals surface area contributed by atoms with Gasteiger partial charge in [-0.1, -0.05) is 29.8 Å². The van der Waals surface area contributed by atoms with Gasteiger partial charge in [-0.2, -0.15) is 0 Å². The largest absolute Gasteiger partial charge is 0.450 e. The van der Waals surface area contributed by atoms with Gasteiger partial charge in [-0.05, 0) is 36.4 Å². The minimum absolute atomic E-state index is 0.0808. The topological polar surface area (TPSA) is 68.5 Å². The van der Waals surface area contributed by atoms with E-state index >= 15 is 0 Å². The predicted molar refractivity (Wildman–Crippen MR) is 102 cm³/mol. The van der Waals surface area contributed by atoms with Gasteiger partial charge in [0.2, 0.25) is 5.76 Å². The summed E-state index contributed by atoms with van der Waals surface area (Å²) in [6, 6.07) is 16.3. The first-order valence-electron chi connectivity index (χ1n) is 7.92. The molecular formula is C19H16ClNO4S. The SMILES string of the molecule is O=C(COC(=O)c1cc2ccccc2o1)NCCSc1ccc(Cl)cc1. The van der Waals surface area contributed by atoms with Crippen LogP contribution >= 0.6 is 23.4 Å². The molecule has 0 saturated heterocycles. The molecule has 7 heteroatoms. The molecule has 134 valence electrons. The van der Waals surface area contributed by atoms with Crippen LogP contribution in [0.5, 0.6) is 0 Å². The smallest absolute Gasteiger partial charge is 0.374 e. The molecule has 2 aromatic carbocycles. The fraction of sp³-hybridized carbons (Fsp3) is 0.158. The van der Waals surface area contributed by atoms with Crippen LogP contribution in [0.4, 0.5) is 0 Å². The number of carbonyl (C=O) groups excluding carboxylic acids is 2. The van der Waals surface area contributed by atoms with E-state index in [1.54, 1.807) is 23.9 Å². The number of benzene rings is 2. The molecule has 3 aromatic rings. The number of nitrogens with one attached hydrogen (secondary N) is 1. The first kappa shape index (κ1) is 18.4. The van der Waals surface area contributed by atoms with E-state index < -0.39 is 5.97 Å². The zero-order valence-electron chi connectivity index (χ0n) is 13.7. The first-order chi connectivity index (χ1) is 12.6. The van der Waals surface area contributed by atoms with E-state index in [4.69, 9.17) is 20.8 Å². The van der Waals surface area contributed by atoms with E-state index in [0.717, 1.165) is 10.3 Å². The molecule has 0 saturated carbocycles. The Morgan fingerprint density at radius 2 is 1.88 bits per heavy atom. The highest BCUT2D eigenvalue weighted by atomic mass is 35.5. The average Bonchev–Trinajstić information content (AvgIpc) is 3.09. The van der Waals surface area contributed by atoms with Gasteiger partial charge in [-0.25, -0.2) is 4.79 Å². The standard InChI is InChI=1S/C19H16ClNO4S/c20-14-5-7-15(8-6-14)26-10-9-21-18(22)12-24-19(23)17-11-13-3-1-2-4-16(13)25-17/h1-8,11H,9-10,12H2,(H,21,22). The van der Waals surface area contributed by atoms with Crippen LogP contribution in [-0.2, 0) is 9.53 Å². The van der Waals surface area contributed by atoms with Gasteiger partial charge >= 0.3 is 5.97 Å². The minimum atomic E-state index is -0.660. The van der Waals surface area contributed by atoms with E-state index in [9.17, 15) is 9.59 Å². The predicted octanol–water partition coefficient (Wildman–Crippen LogP) is 4.15. The Kier molecular flexibility index (Phi) is 6.20. The van der Waals surface area contributed by atoms with Gasteiger partial charge in [0.25, 0.3) is 5.91 Å². The number of halogens is 1. The summed E-state index contributed by atoms with van der Waals surface area (Å²) in [6.07, 6.45) is 0. The van der Waals surface area contributed by atoms with Crippen LogP contribution in [0, 0.1) is 0 Å². The van der Waals surface area contributed by atoms with Crippen molar-refractivity contribution in [2.75, 3.05) is 18.9 Å². The van der Waals surface area contributed by atoms with Gasteiger partial charge in [0.15, 0.2) is 6.61 Å². The number of para-hydroxylation sites is 1. The van der Waals surface area contributed by atoms with E-state index in [2.05, 4.69) is 5.32 Å². The number of furan rings is 1. The molecule has 0 aliphatic heterocycles. The molecule has 1 amide bonds. The Labute approximate surface area is 159 Å². The van der Waals surface area contributed by atoms with Crippen molar-refractivity contribution in [3.63, 3.8) is 0 Å². The molecule has 26 heavy (non-hydrogen) atoms. The second-order valence-corrected chi connectivity index (χ2v) is 6.98. The summed E-state index contributed by atoms with van der Waals surface area (Å²) in [5.74, 6) is -0.236. The van der Waals surface area contributed by atoms with E-state index in [-0.39, 0.29) is 18.3 Å². The summed E-state index contributed by atoms with van der Waals surface area (Å²) >= 11 is 7.43. The highest BCUT2D eigenvalue weighted by molar-refractivity contribution is 7.99. The quantitative estimate of drug-likeness (QED) is 0.373. The van der Waals surface area contributed by atoms with Gasteiger partial charge in [0.05, 0.1) is 0 Å². The van der Waals surface area contributed by atoms with Gasteiger partial charge in [0.1, 0.15) is 5.58 Å². The normalized spacial score (nSPS) is 10.7. The fourth-order valence-electron chi connectivity index (χ4n) is 2.23. The lowest BCUT2D eigenvalue weighted by Gasteiger charge is -2.06. The van der Waals surface area contributed by atoms with Crippen molar-refractivity contribution in [1.82, 2.24) is 5.32 Å². The second kappa shape index (κ2) is 8.78. The molecule has 0 atom stereocenters. The van der Waals surface area contributed by atoms with Crippen LogP contribution in [0.25, 0.3) is 11.0 Å². The third-order valence-electron chi connectivity index (χ3n) is 3.47. The van der Waals surface area contributed by atoms with Crippen molar-refractivity contribution < 1.29 is 18.7 Å². The van der Waals surface area contributed by atoms with Crippen molar-refractivity contribution in [2.24, 2.45) is 0 Å². The Hall–Kier alpha value is -2.44. The fourth-order valence-corrected chi connectivity index (χ4v) is 3.12. The molecule has 1 aromatic heterocycles. The summed E-state index contributed by atoms with van der Waals surface area (Å²) in [7, 11) is 0. The highest BCUT2D eigenvalue weighted by Crippen LogP contribution is 2.20. The molecule has 0 aliphatic rings. The summed E-state index contributed by atoms with van der Waals surface area (Å²) in [6.45, 7) is 0.121. The Morgan fingerprint density at radius 3 is 2.65 bits per heavy atom. The van der Waals surface area contributed by atoms with Crippen molar-refractivity contribution >= 4 is 46.2 Å². The molecule has 0 spiro atoms. The molecule has 1 N–H and O–H groups in total. The van der Waals surface area contributed by atoms with Crippen LogP contribution in [-0.4, -0.2) is 30.8 Å². The molecule has 0 fully saturated rings. The maximum absolute atomic E-state index is 12.0. The number of ether oxygens (including phenoxy) is 1. The number of fused-ring (bicyclic) bond motifs is 1. The molecule has 5 nitrogen and oxygen atoms in total. The Balaban J connectivity index is 1.38. The van der Waals surface area contributed by atoms with Crippen LogP contribution in [0.15, 0.2) is 63.9 Å². The molecule has 0 bridgehead atoms. The van der Waals surface area contributed by atoms with Crippen LogP contribution < -0.4 is 5.32 Å². The highest BCUT2D eigenvalue weighted by Gasteiger charge is 2.15. The Bertz CT molecular complexity index is 874. The third-order valence-corrected chi connectivity index (χ3v) is 4.73. The number of hydrogen-bond acceptors (Lipinski definition) is 5. The van der Waals surface area contributed by atoms with Crippen molar-refractivity contribution in [1.29, 1.82) is 0 Å². The van der Waals surface area contributed by atoms with Gasteiger partial charge in [-0.15, -0.1) is 11.8 Å². The van der Waals surface area contributed by atoms with Crippen molar-refractivity contribution in [2.45, 2.75) is 4.90 Å².